The number of amides is 1. The highest BCUT2D eigenvalue weighted by molar-refractivity contribution is 6.07. The number of hydrogen-bond donors (Lipinski definition) is 2. The molecule has 0 spiro atoms. The van der Waals surface area contributed by atoms with Crippen molar-refractivity contribution in [2.75, 3.05) is 13.7 Å². The third-order valence-electron chi connectivity index (χ3n) is 6.30. The number of carbonyl (C=O) groups excluding carboxylic acids is 1. The molecule has 1 saturated heterocycles. The highest BCUT2D eigenvalue weighted by Gasteiger charge is 2.50. The number of benzene rings is 1. The molecule has 2 N–H and O–H groups in total. The van der Waals surface area contributed by atoms with Gasteiger partial charge in [-0.1, -0.05) is 44.2 Å². The van der Waals surface area contributed by atoms with E-state index in [-0.39, 0.29) is 24.1 Å². The highest BCUT2D eigenvalue weighted by Crippen LogP contribution is 2.42. The lowest BCUT2D eigenvalue weighted by molar-refractivity contribution is -0.132. The predicted molar refractivity (Wildman–Crippen MR) is 108 cm³/mol. The van der Waals surface area contributed by atoms with E-state index < -0.39 is 5.54 Å². The molecule has 1 amide bonds. The molecule has 1 atom stereocenters. The molecule has 152 valence electrons. The minimum atomic E-state index is -0.870. The van der Waals surface area contributed by atoms with E-state index in [4.69, 9.17) is 14.9 Å². The summed E-state index contributed by atoms with van der Waals surface area (Å²) in [5, 5.41) is 11.3. The second-order valence-electron chi connectivity index (χ2n) is 9.20. The fourth-order valence-electron chi connectivity index (χ4n) is 4.87. The Morgan fingerprint density at radius 3 is 2.71 bits per heavy atom. The van der Waals surface area contributed by atoms with Crippen LogP contribution in [0.1, 0.15) is 57.9 Å². The quantitative estimate of drug-likeness (QED) is 0.814. The van der Waals surface area contributed by atoms with Crippen LogP contribution in [0.4, 0.5) is 0 Å². The van der Waals surface area contributed by atoms with Crippen LogP contribution in [0.2, 0.25) is 0 Å². The Hall–Kier alpha value is -2.24. The molecule has 1 aromatic carbocycles. The van der Waals surface area contributed by atoms with E-state index in [1.165, 1.54) is 24.2 Å². The summed E-state index contributed by atoms with van der Waals surface area (Å²) in [6, 6.07) is 5.95. The van der Waals surface area contributed by atoms with E-state index in [1.54, 1.807) is 7.05 Å². The van der Waals surface area contributed by atoms with Gasteiger partial charge in [0.25, 0.3) is 5.91 Å². The lowest BCUT2D eigenvalue weighted by atomic mass is 9.79. The summed E-state index contributed by atoms with van der Waals surface area (Å²) >= 11 is 0. The van der Waals surface area contributed by atoms with Crippen molar-refractivity contribution in [3.8, 4) is 11.5 Å². The van der Waals surface area contributed by atoms with E-state index in [2.05, 4.69) is 25.2 Å². The van der Waals surface area contributed by atoms with Crippen molar-refractivity contribution in [3.63, 3.8) is 0 Å². The van der Waals surface area contributed by atoms with Gasteiger partial charge >= 0.3 is 0 Å². The highest BCUT2D eigenvalue weighted by atomic mass is 16.5. The lowest BCUT2D eigenvalue weighted by Gasteiger charge is -2.32. The van der Waals surface area contributed by atoms with E-state index in [0.29, 0.717) is 18.1 Å². The van der Waals surface area contributed by atoms with Gasteiger partial charge in [0.1, 0.15) is 12.2 Å². The van der Waals surface area contributed by atoms with Gasteiger partial charge in [-0.25, -0.2) is 0 Å². The van der Waals surface area contributed by atoms with Crippen molar-refractivity contribution in [3.05, 3.63) is 23.8 Å². The summed E-state index contributed by atoms with van der Waals surface area (Å²) in [5.74, 6) is 2.04. The molecule has 3 aliphatic rings. The van der Waals surface area contributed by atoms with Gasteiger partial charge in [0.15, 0.2) is 23.0 Å². The van der Waals surface area contributed by atoms with Crippen molar-refractivity contribution >= 4 is 11.9 Å². The number of ether oxygens (including phenoxy) is 2. The van der Waals surface area contributed by atoms with Crippen LogP contribution in [0, 0.1) is 11.3 Å². The van der Waals surface area contributed by atoms with Crippen molar-refractivity contribution in [1.82, 2.24) is 10.2 Å². The molecule has 2 heterocycles. The Morgan fingerprint density at radius 1 is 1.29 bits per heavy atom. The lowest BCUT2D eigenvalue weighted by Crippen LogP contribution is -2.53. The molecule has 6 heteroatoms. The summed E-state index contributed by atoms with van der Waals surface area (Å²) in [4.78, 5) is 14.5. The van der Waals surface area contributed by atoms with Gasteiger partial charge in [-0.3, -0.25) is 15.1 Å². The van der Waals surface area contributed by atoms with E-state index in [0.717, 1.165) is 30.6 Å². The maximum Gasteiger partial charge on any atom is 0.258 e. The van der Waals surface area contributed by atoms with E-state index in [9.17, 15) is 4.79 Å². The van der Waals surface area contributed by atoms with Gasteiger partial charge in [-0.15, -0.1) is 0 Å². The van der Waals surface area contributed by atoms with Crippen LogP contribution >= 0.6 is 0 Å². The van der Waals surface area contributed by atoms with E-state index >= 15 is 0 Å². The summed E-state index contributed by atoms with van der Waals surface area (Å²) in [6.07, 6.45) is 7.56. The molecular formula is C22H31N3O3. The molecule has 2 fully saturated rings. The Morgan fingerprint density at radius 2 is 2.04 bits per heavy atom. The Kier molecular flexibility index (Phi) is 4.76. The molecular weight excluding hydrogens is 354 g/mol. The van der Waals surface area contributed by atoms with Crippen molar-refractivity contribution < 1.29 is 14.3 Å². The molecule has 4 rings (SSSR count). The fraction of sp³-hybridized carbons (Fsp3) is 0.636. The van der Waals surface area contributed by atoms with Crippen LogP contribution in [0.3, 0.4) is 0 Å². The Labute approximate surface area is 167 Å². The maximum absolute atomic E-state index is 13.1. The number of carbonyl (C=O) groups is 1. The van der Waals surface area contributed by atoms with Crippen molar-refractivity contribution in [2.24, 2.45) is 5.92 Å². The van der Waals surface area contributed by atoms with Crippen LogP contribution in [-0.4, -0.2) is 41.6 Å². The standard InChI is InChI=1S/C22H31N3O3/c1-21(2)13-16-10-7-11-17(18(16)28-21)27-14-22(12-15-8-5-4-6-9-15)19(26)25(3)20(23)24-22/h7,10-11,15H,4-6,8-9,12-14H2,1-3H3,(H2,23,24). The zero-order chi connectivity index (χ0) is 19.9. The minimum absolute atomic E-state index is 0.0723. The number of nitrogens with zero attached hydrogens (tertiary/aromatic N) is 1. The summed E-state index contributed by atoms with van der Waals surface area (Å²) in [7, 11) is 1.66. The zero-order valence-corrected chi connectivity index (χ0v) is 17.1. The monoisotopic (exact) mass is 385 g/mol. The third-order valence-corrected chi connectivity index (χ3v) is 6.30. The Balaban J connectivity index is 1.55. The molecule has 1 aliphatic carbocycles. The molecule has 1 unspecified atom stereocenters. The average molecular weight is 386 g/mol. The first-order chi connectivity index (χ1) is 13.3. The van der Waals surface area contributed by atoms with Crippen molar-refractivity contribution in [2.45, 2.75) is 69.9 Å². The maximum atomic E-state index is 13.1. The largest absolute Gasteiger partial charge is 0.487 e. The number of hydrogen-bond acceptors (Lipinski definition) is 4. The van der Waals surface area contributed by atoms with Gasteiger partial charge in [-0.2, -0.15) is 0 Å². The molecule has 1 saturated carbocycles. The first kappa shape index (κ1) is 19.1. The van der Waals surface area contributed by atoms with Crippen LogP contribution in [-0.2, 0) is 11.2 Å². The molecule has 2 aliphatic heterocycles. The number of guanidine groups is 1. The second kappa shape index (κ2) is 6.98. The first-order valence-electron chi connectivity index (χ1n) is 10.4. The van der Waals surface area contributed by atoms with Crippen LogP contribution in [0.25, 0.3) is 0 Å². The van der Waals surface area contributed by atoms with Crippen molar-refractivity contribution in [1.29, 1.82) is 5.41 Å². The number of rotatable bonds is 5. The summed E-state index contributed by atoms with van der Waals surface area (Å²) in [6.45, 7) is 4.34. The van der Waals surface area contributed by atoms with Crippen LogP contribution < -0.4 is 14.8 Å². The predicted octanol–water partition coefficient (Wildman–Crippen LogP) is 3.48. The number of nitrogens with one attached hydrogen (secondary N) is 2. The zero-order valence-electron chi connectivity index (χ0n) is 17.1. The Bertz CT molecular complexity index is 785. The van der Waals surface area contributed by atoms with Gasteiger partial charge in [0, 0.05) is 19.0 Å². The molecule has 0 aromatic heterocycles. The molecule has 1 aromatic rings. The summed E-state index contributed by atoms with van der Waals surface area (Å²) in [5.41, 5.74) is 0.0233. The van der Waals surface area contributed by atoms with Gasteiger partial charge in [0.05, 0.1) is 0 Å². The molecule has 28 heavy (non-hydrogen) atoms. The second-order valence-corrected chi connectivity index (χ2v) is 9.20. The van der Waals surface area contributed by atoms with E-state index in [1.807, 2.05) is 12.1 Å². The topological polar surface area (TPSA) is 74.7 Å². The summed E-state index contributed by atoms with van der Waals surface area (Å²) < 4.78 is 12.3. The van der Waals surface area contributed by atoms with Crippen LogP contribution in [0.15, 0.2) is 18.2 Å². The van der Waals surface area contributed by atoms with Gasteiger partial charge in [-0.05, 0) is 32.3 Å². The number of para-hydroxylation sites is 1. The fourth-order valence-corrected chi connectivity index (χ4v) is 4.87. The molecule has 0 radical (unpaired) electrons. The van der Waals surface area contributed by atoms with Gasteiger partial charge in [0.2, 0.25) is 0 Å². The normalized spacial score (nSPS) is 26.8. The molecule has 6 nitrogen and oxygen atoms in total. The SMILES string of the molecule is CN1C(=N)NC(COc2cccc3c2OC(C)(C)C3)(CC2CCCCC2)C1=O. The smallest absolute Gasteiger partial charge is 0.258 e. The molecule has 0 bridgehead atoms. The van der Waals surface area contributed by atoms with Gasteiger partial charge < -0.3 is 14.8 Å². The average Bonchev–Trinajstić information content (AvgIpc) is 3.09. The number of fused-ring (bicyclic) bond motifs is 1. The first-order valence-corrected chi connectivity index (χ1v) is 10.4. The number of likely N-dealkylation sites (N-methyl/N-ethyl adjacent to an activating group) is 1. The third kappa shape index (κ3) is 3.45. The van der Waals surface area contributed by atoms with Crippen LogP contribution in [0.5, 0.6) is 11.5 Å². The minimum Gasteiger partial charge on any atom is -0.487 e.